The van der Waals surface area contributed by atoms with Gasteiger partial charge in [0.05, 0.1) is 11.2 Å². The van der Waals surface area contributed by atoms with Gasteiger partial charge in [-0.25, -0.2) is 9.82 Å². The van der Waals surface area contributed by atoms with Gasteiger partial charge >= 0.3 is 11.8 Å². The average Bonchev–Trinajstić information content (AvgIpc) is 2.69. The summed E-state index contributed by atoms with van der Waals surface area (Å²) in [5, 5.41) is 8.59. The first-order chi connectivity index (χ1) is 14.3. The summed E-state index contributed by atoms with van der Waals surface area (Å²) in [5.41, 5.74) is 2.91. The van der Waals surface area contributed by atoms with Gasteiger partial charge in [0, 0.05) is 17.3 Å². The Morgan fingerprint density at radius 1 is 1.17 bits per heavy atom. The second-order valence-electron chi connectivity index (χ2n) is 6.33. The molecule has 2 rings (SSSR count). The third-order valence-corrected chi connectivity index (χ3v) is 3.77. The first-order valence-corrected chi connectivity index (χ1v) is 9.24. The Labute approximate surface area is 177 Å². The molecule has 2 aromatic carbocycles. The molecule has 0 spiro atoms. The van der Waals surface area contributed by atoms with Gasteiger partial charge in [0.1, 0.15) is 11.6 Å². The molecule has 0 aliphatic carbocycles. The number of halogens is 2. The molecule has 0 saturated heterocycles. The molecule has 158 valence electrons. The summed E-state index contributed by atoms with van der Waals surface area (Å²) in [6.07, 6.45) is 1.29. The van der Waals surface area contributed by atoms with E-state index in [1.54, 1.807) is 38.1 Å². The zero-order chi connectivity index (χ0) is 22.1. The lowest BCUT2D eigenvalue weighted by molar-refractivity contribution is -0.139. The molecule has 30 heavy (non-hydrogen) atoms. The van der Waals surface area contributed by atoms with Crippen LogP contribution in [0.1, 0.15) is 19.4 Å². The average molecular weight is 435 g/mol. The number of amides is 3. The van der Waals surface area contributed by atoms with E-state index < -0.39 is 23.5 Å². The highest BCUT2D eigenvalue weighted by atomic mass is 35.5. The van der Waals surface area contributed by atoms with Crippen LogP contribution in [0.5, 0.6) is 5.75 Å². The fourth-order valence-electron chi connectivity index (χ4n) is 2.17. The molecule has 3 amide bonds. The highest BCUT2D eigenvalue weighted by Gasteiger charge is 2.13. The van der Waals surface area contributed by atoms with Crippen LogP contribution < -0.4 is 20.8 Å². The smallest absolute Gasteiger partial charge is 0.329 e. The van der Waals surface area contributed by atoms with Crippen molar-refractivity contribution in [1.82, 2.24) is 10.7 Å². The number of hydrazone groups is 1. The monoisotopic (exact) mass is 434 g/mol. The number of hydrogen-bond donors (Lipinski definition) is 3. The molecule has 10 heteroatoms. The molecule has 0 radical (unpaired) electrons. The quantitative estimate of drug-likeness (QED) is 0.353. The predicted molar refractivity (Wildman–Crippen MR) is 111 cm³/mol. The van der Waals surface area contributed by atoms with Gasteiger partial charge in [-0.2, -0.15) is 5.10 Å². The van der Waals surface area contributed by atoms with E-state index >= 15 is 0 Å². The van der Waals surface area contributed by atoms with E-state index in [4.69, 9.17) is 16.3 Å². The highest BCUT2D eigenvalue weighted by Crippen LogP contribution is 2.20. The van der Waals surface area contributed by atoms with E-state index in [0.29, 0.717) is 17.0 Å². The number of hydrogen-bond acceptors (Lipinski definition) is 5. The second kappa shape index (κ2) is 10.9. The third-order valence-electron chi connectivity index (χ3n) is 3.48. The van der Waals surface area contributed by atoms with Gasteiger partial charge in [0.2, 0.25) is 0 Å². The van der Waals surface area contributed by atoms with Crippen molar-refractivity contribution in [3.8, 4) is 5.75 Å². The number of para-hydroxylation sites is 1. The molecular weight excluding hydrogens is 415 g/mol. The van der Waals surface area contributed by atoms with E-state index in [2.05, 4.69) is 21.2 Å². The molecule has 8 nitrogen and oxygen atoms in total. The van der Waals surface area contributed by atoms with Crippen LogP contribution in [0.25, 0.3) is 0 Å². The Morgan fingerprint density at radius 3 is 2.60 bits per heavy atom. The highest BCUT2D eigenvalue weighted by molar-refractivity contribution is 6.35. The maximum atomic E-state index is 13.2. The molecule has 0 aromatic heterocycles. The molecule has 0 fully saturated rings. The van der Waals surface area contributed by atoms with Crippen LogP contribution in [0.2, 0.25) is 5.02 Å². The van der Waals surface area contributed by atoms with Gasteiger partial charge in [-0.1, -0.05) is 23.7 Å². The number of rotatable bonds is 7. The van der Waals surface area contributed by atoms with Crippen molar-refractivity contribution < 1.29 is 23.5 Å². The minimum Gasteiger partial charge on any atom is -0.483 e. The Balaban J connectivity index is 1.93. The summed E-state index contributed by atoms with van der Waals surface area (Å²) in [6.45, 7) is 3.12. The summed E-state index contributed by atoms with van der Waals surface area (Å²) in [4.78, 5) is 35.2. The largest absolute Gasteiger partial charge is 0.483 e. The van der Waals surface area contributed by atoms with Gasteiger partial charge in [-0.15, -0.1) is 0 Å². The lowest BCUT2D eigenvalue weighted by Crippen LogP contribution is -2.41. The van der Waals surface area contributed by atoms with Crippen molar-refractivity contribution in [1.29, 1.82) is 0 Å². The van der Waals surface area contributed by atoms with Crippen LogP contribution in [0.4, 0.5) is 10.1 Å². The van der Waals surface area contributed by atoms with Crippen LogP contribution in [0.15, 0.2) is 47.6 Å². The van der Waals surface area contributed by atoms with Crippen molar-refractivity contribution in [2.45, 2.75) is 19.9 Å². The maximum Gasteiger partial charge on any atom is 0.329 e. The SMILES string of the molecule is CC(C)NC(=O)C(=O)N/N=C\c1ccccc1OCC(=O)Nc1ccc(F)c(Cl)c1. The normalized spacial score (nSPS) is 10.7. The molecule has 0 saturated carbocycles. The van der Waals surface area contributed by atoms with Gasteiger partial charge < -0.3 is 15.4 Å². The van der Waals surface area contributed by atoms with Gasteiger partial charge in [-0.05, 0) is 44.2 Å². The molecule has 3 N–H and O–H groups in total. The molecule has 0 aliphatic heterocycles. The summed E-state index contributed by atoms with van der Waals surface area (Å²) < 4.78 is 18.7. The Kier molecular flexibility index (Phi) is 8.30. The van der Waals surface area contributed by atoms with Crippen LogP contribution >= 0.6 is 11.6 Å². The molecular formula is C20H20ClFN4O4. The first kappa shape index (κ1) is 22.8. The van der Waals surface area contributed by atoms with Crippen molar-refractivity contribution in [3.05, 3.63) is 58.9 Å². The van der Waals surface area contributed by atoms with Crippen LogP contribution in [0, 0.1) is 5.82 Å². The van der Waals surface area contributed by atoms with E-state index in [-0.39, 0.29) is 17.7 Å². The van der Waals surface area contributed by atoms with Gasteiger partial charge in [0.25, 0.3) is 5.91 Å². The zero-order valence-corrected chi connectivity index (χ0v) is 17.0. The third kappa shape index (κ3) is 7.17. The van der Waals surface area contributed by atoms with Gasteiger partial charge in [-0.3, -0.25) is 14.4 Å². The summed E-state index contributed by atoms with van der Waals surface area (Å²) in [7, 11) is 0. The number of nitrogens with one attached hydrogen (secondary N) is 3. The second-order valence-corrected chi connectivity index (χ2v) is 6.74. The number of carbonyl (C=O) groups is 3. The first-order valence-electron chi connectivity index (χ1n) is 8.87. The summed E-state index contributed by atoms with van der Waals surface area (Å²) in [6, 6.07) is 10.3. The fourth-order valence-corrected chi connectivity index (χ4v) is 2.35. The van der Waals surface area contributed by atoms with E-state index in [9.17, 15) is 18.8 Å². The van der Waals surface area contributed by atoms with Crippen molar-refractivity contribution >= 4 is 41.2 Å². The van der Waals surface area contributed by atoms with E-state index in [1.165, 1.54) is 18.3 Å². The van der Waals surface area contributed by atoms with E-state index in [0.717, 1.165) is 6.07 Å². The Bertz CT molecular complexity index is 966. The summed E-state index contributed by atoms with van der Waals surface area (Å²) in [5.74, 6) is -2.45. The lowest BCUT2D eigenvalue weighted by Gasteiger charge is -2.10. The van der Waals surface area contributed by atoms with Crippen molar-refractivity contribution in [3.63, 3.8) is 0 Å². The summed E-state index contributed by atoms with van der Waals surface area (Å²) >= 11 is 5.68. The zero-order valence-electron chi connectivity index (χ0n) is 16.2. The van der Waals surface area contributed by atoms with Crippen molar-refractivity contribution in [2.75, 3.05) is 11.9 Å². The van der Waals surface area contributed by atoms with Crippen LogP contribution in [-0.2, 0) is 14.4 Å². The molecule has 0 unspecified atom stereocenters. The Morgan fingerprint density at radius 2 is 1.90 bits per heavy atom. The maximum absolute atomic E-state index is 13.2. The van der Waals surface area contributed by atoms with Gasteiger partial charge in [0.15, 0.2) is 6.61 Å². The minimum atomic E-state index is -0.907. The minimum absolute atomic E-state index is 0.112. The van der Waals surface area contributed by atoms with Crippen LogP contribution in [0.3, 0.4) is 0 Å². The number of ether oxygens (including phenoxy) is 1. The standard InChI is InChI=1S/C20H20ClFN4O4/c1-12(2)24-19(28)20(29)26-23-10-13-5-3-4-6-17(13)30-11-18(27)25-14-7-8-16(22)15(21)9-14/h3-10,12H,11H2,1-2H3,(H,24,28)(H,25,27)(H,26,29)/b23-10-. The van der Waals surface area contributed by atoms with Crippen molar-refractivity contribution in [2.24, 2.45) is 5.10 Å². The predicted octanol–water partition coefficient (Wildman–Crippen LogP) is 2.47. The number of benzene rings is 2. The van der Waals surface area contributed by atoms with Crippen LogP contribution in [-0.4, -0.2) is 36.6 Å². The Hall–Kier alpha value is -3.46. The molecule has 0 heterocycles. The molecule has 2 aromatic rings. The topological polar surface area (TPSA) is 109 Å². The lowest BCUT2D eigenvalue weighted by atomic mass is 10.2. The molecule has 0 bridgehead atoms. The number of carbonyl (C=O) groups excluding carboxylic acids is 3. The molecule has 0 atom stereocenters. The number of anilines is 1. The number of nitrogens with zero attached hydrogens (tertiary/aromatic N) is 1. The molecule has 0 aliphatic rings. The fraction of sp³-hybridized carbons (Fsp3) is 0.200. The van der Waals surface area contributed by atoms with E-state index in [1.807, 2.05) is 0 Å².